The molecule has 1 atom stereocenters. The highest BCUT2D eigenvalue weighted by atomic mass is 35.5. The van der Waals surface area contributed by atoms with Gasteiger partial charge in [0.15, 0.2) is 5.03 Å². The fraction of sp³-hybridized carbons (Fsp3) is 0.304. The fourth-order valence-corrected chi connectivity index (χ4v) is 5.18. The van der Waals surface area contributed by atoms with Crippen molar-refractivity contribution in [1.29, 1.82) is 0 Å². The van der Waals surface area contributed by atoms with Crippen molar-refractivity contribution >= 4 is 38.9 Å². The van der Waals surface area contributed by atoms with Crippen molar-refractivity contribution in [1.82, 2.24) is 9.78 Å². The number of anilines is 2. The summed E-state index contributed by atoms with van der Waals surface area (Å²) in [6.45, 7) is 0.334. The van der Waals surface area contributed by atoms with Crippen LogP contribution >= 0.6 is 11.6 Å². The van der Waals surface area contributed by atoms with E-state index in [2.05, 4.69) is 9.82 Å². The molecule has 1 N–H and O–H groups in total. The Morgan fingerprint density at radius 3 is 2.64 bits per heavy atom. The van der Waals surface area contributed by atoms with Gasteiger partial charge in [0.1, 0.15) is 0 Å². The third kappa shape index (κ3) is 5.21. The molecule has 0 bridgehead atoms. The first-order valence-electron chi connectivity index (χ1n) is 10.5. The molecular weight excluding hydrogens is 464 g/mol. The van der Waals surface area contributed by atoms with Gasteiger partial charge in [0, 0.05) is 42.8 Å². The molecule has 1 amide bonds. The number of fused-ring (bicyclic) bond motifs is 1. The number of hydrogen-bond acceptors (Lipinski definition) is 5. The molecular formula is C23H25ClN4O4S. The number of ether oxygens (including phenoxy) is 1. The number of aromatic nitrogens is 2. The lowest BCUT2D eigenvalue weighted by Gasteiger charge is -2.26. The van der Waals surface area contributed by atoms with Crippen molar-refractivity contribution < 1.29 is 17.9 Å². The van der Waals surface area contributed by atoms with Gasteiger partial charge in [-0.25, -0.2) is 0 Å². The van der Waals surface area contributed by atoms with E-state index in [0.29, 0.717) is 30.2 Å². The molecule has 1 aliphatic heterocycles. The van der Waals surface area contributed by atoms with Crippen molar-refractivity contribution in [2.45, 2.75) is 30.3 Å². The van der Waals surface area contributed by atoms with E-state index in [1.807, 2.05) is 24.3 Å². The number of hydrogen-bond donors (Lipinski definition) is 1. The first-order valence-corrected chi connectivity index (χ1v) is 12.3. The van der Waals surface area contributed by atoms with E-state index in [4.69, 9.17) is 16.3 Å². The van der Waals surface area contributed by atoms with Gasteiger partial charge in [0.2, 0.25) is 5.91 Å². The summed E-state index contributed by atoms with van der Waals surface area (Å²) in [4.78, 5) is 14.8. The molecule has 1 unspecified atom stereocenters. The normalized spacial score (nSPS) is 15.5. The average Bonchev–Trinajstić information content (AvgIpc) is 3.37. The summed E-state index contributed by atoms with van der Waals surface area (Å²) in [5.74, 6) is -0.0311. The number of sulfonamides is 1. The van der Waals surface area contributed by atoms with Gasteiger partial charge >= 0.3 is 0 Å². The highest BCUT2D eigenvalue weighted by Crippen LogP contribution is 2.36. The molecule has 0 fully saturated rings. The van der Waals surface area contributed by atoms with Crippen LogP contribution in [0.5, 0.6) is 0 Å². The standard InChI is InChI=1S/C23H25ClN4O4S/c1-27-11-9-22(25-27)33(30,31)26-19-7-8-21-17(14-19)15-20(28(21)23(29)10-12-32-2)13-16-3-5-18(24)6-4-16/h3-9,11,14,20,26H,10,12-13,15H2,1-2H3. The number of halogens is 1. The number of nitrogens with one attached hydrogen (secondary N) is 1. The largest absolute Gasteiger partial charge is 0.384 e. The molecule has 174 valence electrons. The van der Waals surface area contributed by atoms with Crippen molar-refractivity contribution in [3.05, 3.63) is 70.9 Å². The molecule has 0 saturated heterocycles. The maximum Gasteiger partial charge on any atom is 0.281 e. The molecule has 4 rings (SSSR count). The molecule has 1 aromatic heterocycles. The summed E-state index contributed by atoms with van der Waals surface area (Å²) in [6, 6.07) is 14.2. The van der Waals surface area contributed by atoms with Crippen LogP contribution in [0, 0.1) is 0 Å². The Labute approximate surface area is 198 Å². The second-order valence-electron chi connectivity index (χ2n) is 7.97. The van der Waals surface area contributed by atoms with Gasteiger partial charge in [0.25, 0.3) is 10.0 Å². The number of aryl methyl sites for hydroxylation is 1. The van der Waals surface area contributed by atoms with Gasteiger partial charge in [-0.1, -0.05) is 23.7 Å². The fourth-order valence-electron chi connectivity index (χ4n) is 4.04. The molecule has 8 nitrogen and oxygen atoms in total. The summed E-state index contributed by atoms with van der Waals surface area (Å²) >= 11 is 6.01. The summed E-state index contributed by atoms with van der Waals surface area (Å²) in [7, 11) is -0.586. The van der Waals surface area contributed by atoms with Gasteiger partial charge in [-0.3, -0.25) is 14.2 Å². The number of rotatable bonds is 8. The number of carbonyl (C=O) groups is 1. The van der Waals surface area contributed by atoms with Crippen LogP contribution < -0.4 is 9.62 Å². The number of amides is 1. The van der Waals surface area contributed by atoms with E-state index in [0.717, 1.165) is 16.8 Å². The third-order valence-corrected chi connectivity index (χ3v) is 7.07. The molecule has 1 aliphatic rings. The molecule has 3 aromatic rings. The predicted molar refractivity (Wildman–Crippen MR) is 127 cm³/mol. The molecule has 2 heterocycles. The van der Waals surface area contributed by atoms with Crippen LogP contribution in [-0.2, 0) is 39.4 Å². The maximum atomic E-state index is 13.0. The van der Waals surface area contributed by atoms with Gasteiger partial charge < -0.3 is 9.64 Å². The Kier molecular flexibility index (Phi) is 6.73. The van der Waals surface area contributed by atoms with E-state index in [-0.39, 0.29) is 23.4 Å². The van der Waals surface area contributed by atoms with Crippen molar-refractivity contribution in [3.63, 3.8) is 0 Å². The topological polar surface area (TPSA) is 93.5 Å². The average molecular weight is 489 g/mol. The van der Waals surface area contributed by atoms with Gasteiger partial charge in [-0.2, -0.15) is 13.5 Å². The van der Waals surface area contributed by atoms with Crippen molar-refractivity contribution in [2.75, 3.05) is 23.3 Å². The zero-order valence-corrected chi connectivity index (χ0v) is 19.9. The van der Waals surface area contributed by atoms with Gasteiger partial charge in [0.05, 0.1) is 13.0 Å². The summed E-state index contributed by atoms with van der Waals surface area (Å²) in [5, 5.41) is 4.58. The molecule has 33 heavy (non-hydrogen) atoms. The Morgan fingerprint density at radius 2 is 1.97 bits per heavy atom. The molecule has 0 radical (unpaired) electrons. The number of benzene rings is 2. The molecule has 0 aliphatic carbocycles. The summed E-state index contributed by atoms with van der Waals surface area (Å²) < 4.78 is 34.4. The van der Waals surface area contributed by atoms with E-state index in [1.54, 1.807) is 43.5 Å². The first-order chi connectivity index (χ1) is 15.8. The van der Waals surface area contributed by atoms with E-state index in [1.165, 1.54) is 10.7 Å². The maximum absolute atomic E-state index is 13.0. The number of nitrogens with zero attached hydrogens (tertiary/aromatic N) is 3. The van der Waals surface area contributed by atoms with Crippen LogP contribution in [0.2, 0.25) is 5.02 Å². The predicted octanol–water partition coefficient (Wildman–Crippen LogP) is 3.41. The van der Waals surface area contributed by atoms with Gasteiger partial charge in [-0.15, -0.1) is 0 Å². The minimum Gasteiger partial charge on any atom is -0.384 e. The zero-order valence-electron chi connectivity index (χ0n) is 18.4. The quantitative estimate of drug-likeness (QED) is 0.524. The lowest BCUT2D eigenvalue weighted by atomic mass is 10.0. The molecule has 10 heteroatoms. The third-order valence-electron chi connectivity index (χ3n) is 5.55. The van der Waals surface area contributed by atoms with Crippen LogP contribution in [0.15, 0.2) is 59.8 Å². The smallest absolute Gasteiger partial charge is 0.281 e. The second-order valence-corrected chi connectivity index (χ2v) is 10.0. The van der Waals surface area contributed by atoms with E-state index in [9.17, 15) is 13.2 Å². The Morgan fingerprint density at radius 1 is 1.21 bits per heavy atom. The zero-order chi connectivity index (χ0) is 23.6. The molecule has 0 saturated carbocycles. The number of methoxy groups -OCH3 is 1. The lowest BCUT2D eigenvalue weighted by molar-refractivity contribution is -0.119. The highest BCUT2D eigenvalue weighted by Gasteiger charge is 2.34. The van der Waals surface area contributed by atoms with Crippen LogP contribution in [0.3, 0.4) is 0 Å². The van der Waals surface area contributed by atoms with Crippen LogP contribution in [0.25, 0.3) is 0 Å². The minimum atomic E-state index is -3.81. The summed E-state index contributed by atoms with van der Waals surface area (Å²) in [6.07, 6.45) is 3.10. The second kappa shape index (κ2) is 9.54. The molecule has 2 aromatic carbocycles. The lowest BCUT2D eigenvalue weighted by Crippen LogP contribution is -2.39. The Balaban J connectivity index is 1.60. The van der Waals surface area contributed by atoms with Crippen LogP contribution in [-0.4, -0.2) is 43.9 Å². The van der Waals surface area contributed by atoms with Gasteiger partial charge in [-0.05, 0) is 60.4 Å². The molecule has 0 spiro atoms. The van der Waals surface area contributed by atoms with Crippen LogP contribution in [0.1, 0.15) is 17.5 Å². The summed E-state index contributed by atoms with van der Waals surface area (Å²) in [5.41, 5.74) is 3.19. The van der Waals surface area contributed by atoms with Crippen molar-refractivity contribution in [3.8, 4) is 0 Å². The van der Waals surface area contributed by atoms with E-state index >= 15 is 0 Å². The monoisotopic (exact) mass is 488 g/mol. The first kappa shape index (κ1) is 23.3. The van der Waals surface area contributed by atoms with Crippen LogP contribution in [0.4, 0.5) is 11.4 Å². The van der Waals surface area contributed by atoms with E-state index < -0.39 is 10.0 Å². The highest BCUT2D eigenvalue weighted by molar-refractivity contribution is 7.92. The van der Waals surface area contributed by atoms with Crippen molar-refractivity contribution in [2.24, 2.45) is 7.05 Å². The SMILES string of the molecule is COCCC(=O)N1c2ccc(NS(=O)(=O)c3ccn(C)n3)cc2CC1Cc1ccc(Cl)cc1. The Bertz CT molecular complexity index is 1260. The number of carbonyl (C=O) groups excluding carboxylic acids is 1. The Hall–Kier alpha value is -2.88. The minimum absolute atomic E-state index is 0.0311.